The lowest BCUT2D eigenvalue weighted by Crippen LogP contribution is -2.40. The molecule has 2 heterocycles. The summed E-state index contributed by atoms with van der Waals surface area (Å²) < 4.78 is 50.3. The van der Waals surface area contributed by atoms with E-state index in [-0.39, 0.29) is 11.3 Å². The Morgan fingerprint density at radius 1 is 1.07 bits per heavy atom. The minimum absolute atomic E-state index is 0.0521. The molecule has 0 saturated heterocycles. The fourth-order valence-electron chi connectivity index (χ4n) is 3.24. The van der Waals surface area contributed by atoms with Crippen LogP contribution in [0.25, 0.3) is 17.0 Å². The summed E-state index contributed by atoms with van der Waals surface area (Å²) in [6.07, 6.45) is -4.94. The lowest BCUT2D eigenvalue weighted by Gasteiger charge is -2.26. The van der Waals surface area contributed by atoms with E-state index in [0.29, 0.717) is 23.2 Å². The number of halogens is 3. The smallest absolute Gasteiger partial charge is 0.430 e. The van der Waals surface area contributed by atoms with E-state index < -0.39 is 23.8 Å². The fraction of sp³-hybridized carbons (Fsp3) is 0.190. The van der Waals surface area contributed by atoms with Gasteiger partial charge in [0.25, 0.3) is 0 Å². The second-order valence-electron chi connectivity index (χ2n) is 6.57. The molecule has 0 amide bonds. The molecule has 1 atom stereocenters. The van der Waals surface area contributed by atoms with E-state index in [4.69, 9.17) is 14.3 Å². The number of ether oxygens (including phenoxy) is 1. The fourth-order valence-corrected chi connectivity index (χ4v) is 3.24. The van der Waals surface area contributed by atoms with Crippen LogP contribution in [0.15, 0.2) is 58.5 Å². The van der Waals surface area contributed by atoms with Gasteiger partial charge in [-0.3, -0.25) is 0 Å². The summed E-state index contributed by atoms with van der Waals surface area (Å²) in [5, 5.41) is 9.80. The molecule has 3 aromatic rings. The van der Waals surface area contributed by atoms with Crippen LogP contribution in [-0.4, -0.2) is 23.4 Å². The van der Waals surface area contributed by atoms with Crippen molar-refractivity contribution in [3.05, 3.63) is 71.0 Å². The summed E-state index contributed by atoms with van der Waals surface area (Å²) in [4.78, 5) is 11.2. The number of fused-ring (bicyclic) bond motifs is 2. The number of hydrogen-bond donors (Lipinski definition) is 1. The third-order valence-corrected chi connectivity index (χ3v) is 4.59. The maximum absolute atomic E-state index is 13.2. The topological polar surface area (TPSA) is 59.7 Å². The quantitative estimate of drug-likeness (QED) is 0.683. The van der Waals surface area contributed by atoms with E-state index >= 15 is 0 Å². The van der Waals surface area contributed by atoms with Crippen molar-refractivity contribution < 1.29 is 32.2 Å². The van der Waals surface area contributed by atoms with Crippen LogP contribution in [0.1, 0.15) is 16.9 Å². The van der Waals surface area contributed by atoms with E-state index in [2.05, 4.69) is 0 Å². The first-order valence-electron chi connectivity index (χ1n) is 8.60. The van der Waals surface area contributed by atoms with Crippen LogP contribution in [-0.2, 0) is 17.6 Å². The number of hydrogen-bond acceptors (Lipinski definition) is 3. The minimum atomic E-state index is -4.83. The van der Waals surface area contributed by atoms with E-state index in [0.717, 1.165) is 18.1 Å². The highest BCUT2D eigenvalue weighted by molar-refractivity contribution is 5.96. The third-order valence-electron chi connectivity index (χ3n) is 4.59. The molecule has 0 fully saturated rings. The van der Waals surface area contributed by atoms with E-state index in [1.807, 2.05) is 36.4 Å². The molecule has 1 unspecified atom stereocenters. The monoisotopic (exact) mass is 388 g/mol. The zero-order valence-electron chi connectivity index (χ0n) is 14.5. The first-order chi connectivity index (χ1) is 13.3. The van der Waals surface area contributed by atoms with Crippen molar-refractivity contribution in [1.82, 2.24) is 0 Å². The van der Waals surface area contributed by atoms with Crippen molar-refractivity contribution in [2.24, 2.45) is 0 Å². The highest BCUT2D eigenvalue weighted by Gasteiger charge is 2.48. The van der Waals surface area contributed by atoms with Gasteiger partial charge in [-0.05, 0) is 30.2 Å². The van der Waals surface area contributed by atoms with Crippen LogP contribution < -0.4 is 4.74 Å². The van der Waals surface area contributed by atoms with E-state index in [1.54, 1.807) is 6.07 Å². The van der Waals surface area contributed by atoms with Gasteiger partial charge in [-0.25, -0.2) is 4.79 Å². The normalized spacial score (nSPS) is 16.4. The molecule has 4 rings (SSSR count). The number of carbonyl (C=O) groups is 1. The first kappa shape index (κ1) is 18.2. The molecule has 7 heteroatoms. The van der Waals surface area contributed by atoms with Gasteiger partial charge in [0.2, 0.25) is 6.10 Å². The third kappa shape index (κ3) is 3.47. The molecule has 2 aromatic carbocycles. The van der Waals surface area contributed by atoms with Gasteiger partial charge < -0.3 is 14.3 Å². The highest BCUT2D eigenvalue weighted by atomic mass is 19.4. The Kier molecular flexibility index (Phi) is 4.37. The van der Waals surface area contributed by atoms with E-state index in [9.17, 15) is 18.0 Å². The van der Waals surface area contributed by atoms with Crippen molar-refractivity contribution in [1.29, 1.82) is 0 Å². The maximum atomic E-state index is 13.2. The standard InChI is InChI=1S/C21H15F3O4/c22-21(23,24)19-16(20(25)26)10-14-8-13-9-15(27-17(13)11-18(14)28-19)7-6-12-4-2-1-3-5-12/h1-5,8-11,19H,6-7H2,(H,25,26). The summed E-state index contributed by atoms with van der Waals surface area (Å²) in [6, 6.07) is 14.6. The van der Waals surface area contributed by atoms with Crippen molar-refractivity contribution in [3.8, 4) is 5.75 Å². The van der Waals surface area contributed by atoms with Gasteiger partial charge in [0.05, 0.1) is 5.57 Å². The second kappa shape index (κ2) is 6.74. The molecule has 0 radical (unpaired) electrons. The van der Waals surface area contributed by atoms with Gasteiger partial charge in [0, 0.05) is 23.4 Å². The minimum Gasteiger partial charge on any atom is -0.478 e. The lowest BCUT2D eigenvalue weighted by atomic mass is 10.00. The Bertz CT molecular complexity index is 1060. The molecule has 0 saturated carbocycles. The average molecular weight is 388 g/mol. The first-order valence-corrected chi connectivity index (χ1v) is 8.60. The van der Waals surface area contributed by atoms with Gasteiger partial charge in [-0.1, -0.05) is 30.3 Å². The summed E-state index contributed by atoms with van der Waals surface area (Å²) in [7, 11) is 0. The van der Waals surface area contributed by atoms with Gasteiger partial charge in [-0.15, -0.1) is 0 Å². The molecule has 1 aliphatic rings. The van der Waals surface area contributed by atoms with Crippen LogP contribution in [0, 0.1) is 0 Å². The molecule has 1 aliphatic heterocycles. The maximum Gasteiger partial charge on any atom is 0.430 e. The van der Waals surface area contributed by atoms with Crippen LogP contribution >= 0.6 is 0 Å². The second-order valence-corrected chi connectivity index (χ2v) is 6.57. The zero-order chi connectivity index (χ0) is 19.9. The van der Waals surface area contributed by atoms with Gasteiger partial charge in [0.1, 0.15) is 17.1 Å². The molecular weight excluding hydrogens is 373 g/mol. The number of rotatable bonds is 4. The van der Waals surface area contributed by atoms with Crippen LogP contribution in [0.3, 0.4) is 0 Å². The Morgan fingerprint density at radius 3 is 2.50 bits per heavy atom. The summed E-state index contributed by atoms with van der Waals surface area (Å²) in [5.74, 6) is -1.02. The van der Waals surface area contributed by atoms with Crippen molar-refractivity contribution in [2.75, 3.05) is 0 Å². The predicted octanol–water partition coefficient (Wildman–Crippen LogP) is 5.01. The largest absolute Gasteiger partial charge is 0.478 e. The van der Waals surface area contributed by atoms with Crippen LogP contribution in [0.2, 0.25) is 0 Å². The molecular formula is C21H15F3O4. The van der Waals surface area contributed by atoms with Crippen molar-refractivity contribution in [2.45, 2.75) is 25.1 Å². The highest BCUT2D eigenvalue weighted by Crippen LogP contribution is 2.39. The van der Waals surface area contributed by atoms with E-state index in [1.165, 1.54) is 6.07 Å². The number of benzene rings is 2. The Labute approximate surface area is 157 Å². The Morgan fingerprint density at radius 2 is 1.82 bits per heavy atom. The molecule has 1 N–H and O–H groups in total. The molecule has 0 spiro atoms. The van der Waals surface area contributed by atoms with Crippen molar-refractivity contribution >= 4 is 23.0 Å². The molecule has 0 bridgehead atoms. The van der Waals surface area contributed by atoms with Crippen LogP contribution in [0.5, 0.6) is 5.75 Å². The predicted molar refractivity (Wildman–Crippen MR) is 96.1 cm³/mol. The summed E-state index contributed by atoms with van der Waals surface area (Å²) >= 11 is 0. The molecule has 28 heavy (non-hydrogen) atoms. The lowest BCUT2D eigenvalue weighted by molar-refractivity contribution is -0.187. The number of carboxylic acid groups (broad SMARTS) is 1. The number of aryl methyl sites for hydroxylation is 2. The molecule has 144 valence electrons. The average Bonchev–Trinajstić information content (AvgIpc) is 3.05. The zero-order valence-corrected chi connectivity index (χ0v) is 14.5. The summed E-state index contributed by atoms with van der Waals surface area (Å²) in [5.41, 5.74) is 0.982. The SMILES string of the molecule is O=C(O)C1=Cc2cc3cc(CCc4ccccc4)oc3cc2OC1C(F)(F)F. The number of furan rings is 1. The van der Waals surface area contributed by atoms with Crippen molar-refractivity contribution in [3.63, 3.8) is 0 Å². The van der Waals surface area contributed by atoms with Gasteiger partial charge in [-0.2, -0.15) is 13.2 Å². The molecule has 1 aromatic heterocycles. The summed E-state index contributed by atoms with van der Waals surface area (Å²) in [6.45, 7) is 0. The number of carboxylic acids is 1. The van der Waals surface area contributed by atoms with Gasteiger partial charge in [0.15, 0.2) is 0 Å². The van der Waals surface area contributed by atoms with Crippen LogP contribution in [0.4, 0.5) is 13.2 Å². The Balaban J connectivity index is 1.65. The molecule has 4 nitrogen and oxygen atoms in total. The van der Waals surface area contributed by atoms with Gasteiger partial charge >= 0.3 is 12.1 Å². The number of alkyl halides is 3. The Hall–Kier alpha value is -3.22. The molecule has 0 aliphatic carbocycles. The number of aliphatic carboxylic acids is 1.